The predicted molar refractivity (Wildman–Crippen MR) is 169 cm³/mol. The average molecular weight is 714 g/mol. The molecule has 1 aromatic carbocycles. The molecule has 0 bridgehead atoms. The zero-order chi connectivity index (χ0) is 33.1. The zero-order valence-corrected chi connectivity index (χ0v) is 28.3. The van der Waals surface area contributed by atoms with Crippen molar-refractivity contribution in [2.45, 2.75) is 71.6 Å². The summed E-state index contributed by atoms with van der Waals surface area (Å²) in [6, 6.07) is 7.15. The number of cyclic esters (lactones) is 1. The van der Waals surface area contributed by atoms with Gasteiger partial charge in [-0.2, -0.15) is 13.2 Å². The summed E-state index contributed by atoms with van der Waals surface area (Å²) in [5.74, 6) is 0.694. The molecule has 2 aliphatic rings. The van der Waals surface area contributed by atoms with E-state index in [1.807, 2.05) is 44.9 Å². The van der Waals surface area contributed by atoms with Crippen molar-refractivity contribution in [3.8, 4) is 0 Å². The number of halogens is 5. The maximum Gasteiger partial charge on any atom is 0.416 e. The predicted octanol–water partition coefficient (Wildman–Crippen LogP) is 7.85. The second-order valence-corrected chi connectivity index (χ2v) is 12.5. The molecule has 0 N–H and O–H groups in total. The molecular weight excluding hydrogens is 677 g/mol. The number of likely N-dealkylation sites (N-methyl/N-ethyl adjacent to an activating group) is 1. The first-order valence-electron chi connectivity index (χ1n) is 14.5. The molecule has 0 radical (unpaired) electrons. The maximum absolute atomic E-state index is 13.4. The van der Waals surface area contributed by atoms with Gasteiger partial charge in [-0.1, -0.05) is 23.2 Å². The Kier molecular flexibility index (Phi) is 11.4. The first-order valence-corrected chi connectivity index (χ1v) is 15.7. The number of alkyl halides is 3. The van der Waals surface area contributed by atoms with E-state index >= 15 is 0 Å². The van der Waals surface area contributed by atoms with Gasteiger partial charge in [0.15, 0.2) is 0 Å². The van der Waals surface area contributed by atoms with Crippen LogP contribution in [-0.2, 0) is 26.9 Å². The summed E-state index contributed by atoms with van der Waals surface area (Å²) in [5, 5.41) is 0.514. The average Bonchev–Trinajstić information content (AvgIpc) is 3.54. The van der Waals surface area contributed by atoms with Gasteiger partial charge in [-0.25, -0.2) is 14.8 Å². The van der Waals surface area contributed by atoms with Crippen molar-refractivity contribution in [3.63, 3.8) is 0 Å². The number of carbonyl (C=O) groups excluding carboxylic acids is 1. The number of carbonyl (C=O) groups is 1. The summed E-state index contributed by atoms with van der Waals surface area (Å²) >= 11 is 8.87. The first kappa shape index (κ1) is 34.9. The van der Waals surface area contributed by atoms with E-state index in [1.54, 1.807) is 37.2 Å². The van der Waals surface area contributed by atoms with E-state index in [4.69, 9.17) is 25.8 Å². The van der Waals surface area contributed by atoms with Gasteiger partial charge in [-0.05, 0) is 91.5 Å². The van der Waals surface area contributed by atoms with Gasteiger partial charge in [-0.15, -0.1) is 0 Å². The number of benzene rings is 1. The van der Waals surface area contributed by atoms with Gasteiger partial charge < -0.3 is 19.1 Å². The van der Waals surface area contributed by atoms with E-state index in [2.05, 4.69) is 25.9 Å². The van der Waals surface area contributed by atoms with Crippen LogP contribution in [0.1, 0.15) is 53.3 Å². The Morgan fingerprint density at radius 2 is 1.76 bits per heavy atom. The lowest BCUT2D eigenvalue weighted by Crippen LogP contribution is -2.43. The van der Waals surface area contributed by atoms with Crippen molar-refractivity contribution in [1.29, 1.82) is 0 Å². The number of rotatable bonds is 7. The van der Waals surface area contributed by atoms with Gasteiger partial charge in [0.1, 0.15) is 23.2 Å². The van der Waals surface area contributed by atoms with E-state index in [0.717, 1.165) is 33.3 Å². The Hall–Kier alpha value is -2.93. The number of aryl methyl sites for hydroxylation is 3. The molecule has 0 aliphatic carbocycles. The fourth-order valence-corrected chi connectivity index (χ4v) is 6.04. The minimum atomic E-state index is -4.48. The minimum absolute atomic E-state index is 0.0392. The first-order chi connectivity index (χ1) is 21.2. The summed E-state index contributed by atoms with van der Waals surface area (Å²) < 4.78 is 58.1. The third kappa shape index (κ3) is 8.46. The quantitative estimate of drug-likeness (QED) is 0.231. The Morgan fingerprint density at radius 1 is 1.07 bits per heavy atom. The molecule has 0 unspecified atom stereocenters. The lowest BCUT2D eigenvalue weighted by Gasteiger charge is -2.31. The number of ether oxygens (including phenoxy) is 3. The van der Waals surface area contributed by atoms with Crippen LogP contribution in [-0.4, -0.2) is 66.0 Å². The number of hydrogen-bond donors (Lipinski definition) is 0. The molecule has 1 amide bonds. The molecule has 4 atom stereocenters. The molecule has 0 spiro atoms. The summed E-state index contributed by atoms with van der Waals surface area (Å²) in [6.07, 6.45) is -2.48. The van der Waals surface area contributed by atoms with Crippen molar-refractivity contribution < 1.29 is 32.2 Å². The van der Waals surface area contributed by atoms with Crippen LogP contribution in [0.4, 0.5) is 23.8 Å². The lowest BCUT2D eigenvalue weighted by atomic mass is 9.98. The lowest BCUT2D eigenvalue weighted by molar-refractivity contribution is -0.137. The molecule has 2 aliphatic heterocycles. The topological polar surface area (TPSA) is 77.0 Å². The number of amides is 1. The molecule has 3 aromatic rings. The Labute approximate surface area is 275 Å². The normalized spacial score (nSPS) is 21.4. The molecule has 244 valence electrons. The van der Waals surface area contributed by atoms with Crippen molar-refractivity contribution in [2.75, 3.05) is 31.8 Å². The number of anilines is 1. The van der Waals surface area contributed by atoms with Crippen LogP contribution in [0.25, 0.3) is 0 Å². The van der Waals surface area contributed by atoms with E-state index in [9.17, 15) is 18.0 Å². The van der Waals surface area contributed by atoms with Gasteiger partial charge in [0.05, 0.1) is 41.9 Å². The molecule has 8 nitrogen and oxygen atoms in total. The van der Waals surface area contributed by atoms with Crippen molar-refractivity contribution in [3.05, 3.63) is 85.7 Å². The maximum atomic E-state index is 13.4. The van der Waals surface area contributed by atoms with E-state index < -0.39 is 30.0 Å². The summed E-state index contributed by atoms with van der Waals surface area (Å²) in [7, 11) is 1.92. The van der Waals surface area contributed by atoms with Crippen LogP contribution in [0.3, 0.4) is 0 Å². The highest BCUT2D eigenvalue weighted by Gasteiger charge is 2.42. The van der Waals surface area contributed by atoms with Gasteiger partial charge >= 0.3 is 12.3 Å². The Balaban J connectivity index is 0.000000440. The SMILES string of the molecule is CCO[C@H]1COC[C@@H]1N(C)c1ncc(C)cc1CN1C(=O)O[C@H](c2cc(C)cc(C(F)(F)F)c2)[C@@H]1C.Cc1cnc(Cl)c(Br)c1. The highest BCUT2D eigenvalue weighted by Crippen LogP contribution is 2.38. The van der Waals surface area contributed by atoms with Gasteiger partial charge in [0.25, 0.3) is 0 Å². The van der Waals surface area contributed by atoms with Crippen LogP contribution in [0.15, 0.2) is 47.2 Å². The highest BCUT2D eigenvalue weighted by atomic mass is 79.9. The molecule has 5 rings (SSSR count). The molecule has 2 fully saturated rings. The largest absolute Gasteiger partial charge is 0.439 e. The van der Waals surface area contributed by atoms with Crippen LogP contribution in [0.5, 0.6) is 0 Å². The van der Waals surface area contributed by atoms with Gasteiger partial charge in [0, 0.05) is 31.6 Å². The standard InChI is InChI=1S/C26H32F3N3O4.C6H5BrClN/c1-6-35-22-14-34-13-21(22)31(5)24-19(8-16(3)11-30-24)12-32-17(4)23(36-25(32)33)18-7-15(2)9-20(10-18)26(27,28)29;1-4-2-5(7)6(8)9-3-4/h7-11,17,21-23H,6,12-14H2,1-5H3;2-3H,1H3/t17-,21-,22-,23-;/m0./s1. The third-order valence-corrected chi connectivity index (χ3v) is 8.85. The third-order valence-electron chi connectivity index (χ3n) is 7.71. The van der Waals surface area contributed by atoms with E-state index in [-0.39, 0.29) is 18.7 Å². The monoisotopic (exact) mass is 712 g/mol. The molecule has 13 heteroatoms. The van der Waals surface area contributed by atoms with Crippen molar-refractivity contribution in [2.24, 2.45) is 0 Å². The van der Waals surface area contributed by atoms with E-state index in [0.29, 0.717) is 41.9 Å². The van der Waals surface area contributed by atoms with Crippen LogP contribution < -0.4 is 4.90 Å². The smallest absolute Gasteiger partial charge is 0.416 e. The number of aromatic nitrogens is 2. The zero-order valence-electron chi connectivity index (χ0n) is 26.0. The number of nitrogens with zero attached hydrogens (tertiary/aromatic N) is 4. The Morgan fingerprint density at radius 3 is 2.40 bits per heavy atom. The molecular formula is C32H37BrClF3N4O4. The number of hydrogen-bond acceptors (Lipinski definition) is 7. The molecule has 0 saturated carbocycles. The van der Waals surface area contributed by atoms with Crippen LogP contribution >= 0.6 is 27.5 Å². The van der Waals surface area contributed by atoms with Crippen LogP contribution in [0, 0.1) is 20.8 Å². The van der Waals surface area contributed by atoms with Crippen molar-refractivity contribution >= 4 is 39.4 Å². The summed E-state index contributed by atoms with van der Waals surface area (Å²) in [5.41, 5.74) is 2.87. The number of pyridine rings is 2. The minimum Gasteiger partial charge on any atom is -0.439 e. The van der Waals surface area contributed by atoms with Gasteiger partial charge in [0.2, 0.25) is 0 Å². The fourth-order valence-electron chi connectivity index (χ4n) is 5.47. The second kappa shape index (κ2) is 14.7. The highest BCUT2D eigenvalue weighted by molar-refractivity contribution is 9.10. The molecule has 2 aromatic heterocycles. The molecule has 4 heterocycles. The molecule has 45 heavy (non-hydrogen) atoms. The van der Waals surface area contributed by atoms with Crippen LogP contribution in [0.2, 0.25) is 5.15 Å². The molecule has 2 saturated heterocycles. The van der Waals surface area contributed by atoms with Crippen molar-refractivity contribution in [1.82, 2.24) is 14.9 Å². The van der Waals surface area contributed by atoms with Gasteiger partial charge in [-0.3, -0.25) is 4.90 Å². The second-order valence-electron chi connectivity index (χ2n) is 11.3. The fraction of sp³-hybridized carbons (Fsp3) is 0.469. The van der Waals surface area contributed by atoms with E-state index in [1.165, 1.54) is 0 Å². The Bertz CT molecular complexity index is 1510. The summed E-state index contributed by atoms with van der Waals surface area (Å²) in [6.45, 7) is 11.0. The summed E-state index contributed by atoms with van der Waals surface area (Å²) in [4.78, 5) is 25.0.